The van der Waals surface area contributed by atoms with Gasteiger partial charge in [-0.25, -0.2) is 4.79 Å². The van der Waals surface area contributed by atoms with Gasteiger partial charge in [-0.1, -0.05) is 24.3 Å². The van der Waals surface area contributed by atoms with E-state index in [0.717, 1.165) is 5.56 Å². The molecule has 1 amide bonds. The van der Waals surface area contributed by atoms with Crippen LogP contribution in [0.3, 0.4) is 0 Å². The predicted octanol–water partition coefficient (Wildman–Crippen LogP) is 1.77. The zero-order chi connectivity index (χ0) is 21.7. The summed E-state index contributed by atoms with van der Waals surface area (Å²) < 4.78 is 7.92. The molecule has 3 aromatic rings. The van der Waals surface area contributed by atoms with Crippen molar-refractivity contribution in [3.63, 3.8) is 0 Å². The number of ether oxygens (including phenoxy) is 1. The minimum absolute atomic E-state index is 0.0393. The van der Waals surface area contributed by atoms with Crippen LogP contribution in [0.1, 0.15) is 19.4 Å². The van der Waals surface area contributed by atoms with Gasteiger partial charge in [0.05, 0.1) is 12.8 Å². The van der Waals surface area contributed by atoms with Crippen molar-refractivity contribution in [1.82, 2.24) is 19.7 Å². The van der Waals surface area contributed by atoms with Crippen LogP contribution in [0.4, 0.5) is 0 Å². The minimum atomic E-state index is -0.415. The monoisotopic (exact) mass is 410 g/mol. The lowest BCUT2D eigenvalue weighted by molar-refractivity contribution is -0.122. The summed E-state index contributed by atoms with van der Waals surface area (Å²) in [5.41, 5.74) is 1.79. The molecule has 2 N–H and O–H groups in total. The summed E-state index contributed by atoms with van der Waals surface area (Å²) in [7, 11) is 1.56. The Kier molecular flexibility index (Phi) is 6.68. The van der Waals surface area contributed by atoms with Crippen molar-refractivity contribution in [2.75, 3.05) is 13.7 Å². The van der Waals surface area contributed by atoms with Gasteiger partial charge < -0.3 is 15.2 Å². The number of amides is 1. The summed E-state index contributed by atoms with van der Waals surface area (Å²) in [6, 6.07) is 14.4. The maximum atomic E-state index is 13.2. The summed E-state index contributed by atoms with van der Waals surface area (Å²) in [6.45, 7) is 3.63. The lowest BCUT2D eigenvalue weighted by Gasteiger charge is -2.10. The Morgan fingerprint density at radius 3 is 2.57 bits per heavy atom. The van der Waals surface area contributed by atoms with Gasteiger partial charge in [-0.3, -0.25) is 9.36 Å². The average Bonchev–Trinajstić information content (AvgIpc) is 3.04. The Labute approximate surface area is 174 Å². The van der Waals surface area contributed by atoms with Gasteiger partial charge in [-0.2, -0.15) is 4.68 Å². The molecule has 3 rings (SSSR count). The first-order chi connectivity index (χ1) is 14.4. The molecule has 0 saturated carbocycles. The van der Waals surface area contributed by atoms with Crippen molar-refractivity contribution < 1.29 is 14.6 Å². The van der Waals surface area contributed by atoms with E-state index in [1.54, 1.807) is 37.4 Å². The molecule has 0 aliphatic carbocycles. The Bertz CT molecular complexity index is 1070. The maximum Gasteiger partial charge on any atom is 0.351 e. The van der Waals surface area contributed by atoms with E-state index in [2.05, 4.69) is 10.4 Å². The Hall–Kier alpha value is -3.39. The van der Waals surface area contributed by atoms with Crippen LogP contribution >= 0.6 is 0 Å². The maximum absolute atomic E-state index is 13.2. The number of aliphatic hydroxyl groups is 1. The van der Waals surface area contributed by atoms with Gasteiger partial charge in [-0.05, 0) is 50.1 Å². The molecule has 158 valence electrons. The number of benzene rings is 2. The standard InChI is InChI=1S/C22H26N4O4/c1-15(2)23-20(28)14-25-21(17-5-4-6-19(13-17)30-3)24-26(22(25)29)18-9-7-16(8-10-18)11-12-27/h4-10,13,15,27H,11-12,14H2,1-3H3,(H,23,28). The average molecular weight is 410 g/mol. The Morgan fingerprint density at radius 1 is 1.20 bits per heavy atom. The SMILES string of the molecule is COc1cccc(-c2nn(-c3ccc(CCO)cc3)c(=O)n2CC(=O)NC(C)C)c1. The number of methoxy groups -OCH3 is 1. The lowest BCUT2D eigenvalue weighted by atomic mass is 10.1. The molecular weight excluding hydrogens is 384 g/mol. The van der Waals surface area contributed by atoms with Crippen molar-refractivity contribution in [3.8, 4) is 22.8 Å². The van der Waals surface area contributed by atoms with Crippen LogP contribution in [0.2, 0.25) is 0 Å². The molecule has 8 heteroatoms. The summed E-state index contributed by atoms with van der Waals surface area (Å²) in [4.78, 5) is 25.5. The molecule has 1 heterocycles. The van der Waals surface area contributed by atoms with Crippen molar-refractivity contribution in [1.29, 1.82) is 0 Å². The van der Waals surface area contributed by atoms with E-state index in [0.29, 0.717) is 29.2 Å². The Balaban J connectivity index is 2.08. The molecule has 0 saturated heterocycles. The van der Waals surface area contributed by atoms with E-state index in [9.17, 15) is 9.59 Å². The number of nitrogens with zero attached hydrogens (tertiary/aromatic N) is 3. The summed E-state index contributed by atoms with van der Waals surface area (Å²) in [5.74, 6) is 0.729. The largest absolute Gasteiger partial charge is 0.497 e. The topological polar surface area (TPSA) is 98.4 Å². The zero-order valence-electron chi connectivity index (χ0n) is 17.3. The van der Waals surface area contributed by atoms with Crippen LogP contribution in [-0.2, 0) is 17.8 Å². The first-order valence-electron chi connectivity index (χ1n) is 9.76. The van der Waals surface area contributed by atoms with E-state index < -0.39 is 5.69 Å². The van der Waals surface area contributed by atoms with E-state index >= 15 is 0 Å². The van der Waals surface area contributed by atoms with Gasteiger partial charge in [0.25, 0.3) is 0 Å². The highest BCUT2D eigenvalue weighted by molar-refractivity contribution is 5.76. The fourth-order valence-corrected chi connectivity index (χ4v) is 3.13. The molecule has 0 aliphatic heterocycles. The molecule has 0 bridgehead atoms. The first-order valence-corrected chi connectivity index (χ1v) is 9.76. The number of aliphatic hydroxyl groups excluding tert-OH is 1. The fraction of sp³-hybridized carbons (Fsp3) is 0.318. The number of carbonyl (C=O) groups excluding carboxylic acids is 1. The zero-order valence-corrected chi connectivity index (χ0v) is 17.3. The van der Waals surface area contributed by atoms with Crippen molar-refractivity contribution in [3.05, 3.63) is 64.6 Å². The first kappa shape index (κ1) is 21.3. The highest BCUT2D eigenvalue weighted by Gasteiger charge is 2.19. The van der Waals surface area contributed by atoms with Gasteiger partial charge in [0, 0.05) is 18.2 Å². The number of hydrogen-bond donors (Lipinski definition) is 2. The highest BCUT2D eigenvalue weighted by Crippen LogP contribution is 2.22. The molecule has 0 unspecified atom stereocenters. The second-order valence-electron chi connectivity index (χ2n) is 7.20. The third-order valence-electron chi connectivity index (χ3n) is 4.52. The molecule has 8 nitrogen and oxygen atoms in total. The molecule has 0 atom stereocenters. The number of nitrogens with one attached hydrogen (secondary N) is 1. The van der Waals surface area contributed by atoms with Crippen LogP contribution in [0.25, 0.3) is 17.1 Å². The highest BCUT2D eigenvalue weighted by atomic mass is 16.5. The van der Waals surface area contributed by atoms with Crippen molar-refractivity contribution in [2.45, 2.75) is 32.9 Å². The lowest BCUT2D eigenvalue weighted by Crippen LogP contribution is -2.36. The number of carbonyl (C=O) groups is 1. The molecule has 30 heavy (non-hydrogen) atoms. The summed E-state index contributed by atoms with van der Waals surface area (Å²) in [6.07, 6.45) is 0.536. The third-order valence-corrected chi connectivity index (χ3v) is 4.52. The van der Waals surface area contributed by atoms with Gasteiger partial charge >= 0.3 is 5.69 Å². The van der Waals surface area contributed by atoms with Crippen molar-refractivity contribution in [2.24, 2.45) is 0 Å². The molecule has 0 fully saturated rings. The van der Waals surface area contributed by atoms with Crippen LogP contribution in [0.5, 0.6) is 5.75 Å². The number of aromatic nitrogens is 3. The van der Waals surface area contributed by atoms with Gasteiger partial charge in [-0.15, -0.1) is 5.10 Å². The van der Waals surface area contributed by atoms with Crippen LogP contribution in [-0.4, -0.2) is 45.1 Å². The second-order valence-corrected chi connectivity index (χ2v) is 7.20. The third kappa shape index (κ3) is 4.77. The van der Waals surface area contributed by atoms with Crippen molar-refractivity contribution >= 4 is 5.91 Å². The van der Waals surface area contributed by atoms with Gasteiger partial charge in [0.2, 0.25) is 5.91 Å². The van der Waals surface area contributed by atoms with Gasteiger partial charge in [0.15, 0.2) is 5.82 Å². The normalized spacial score (nSPS) is 11.0. The molecular formula is C22H26N4O4. The predicted molar refractivity (Wildman–Crippen MR) is 114 cm³/mol. The Morgan fingerprint density at radius 2 is 1.93 bits per heavy atom. The smallest absolute Gasteiger partial charge is 0.351 e. The van der Waals surface area contributed by atoms with E-state index in [4.69, 9.17) is 9.84 Å². The molecule has 2 aromatic carbocycles. The summed E-state index contributed by atoms with van der Waals surface area (Å²) in [5, 5.41) is 16.4. The fourth-order valence-electron chi connectivity index (χ4n) is 3.13. The van der Waals surface area contributed by atoms with Gasteiger partial charge in [0.1, 0.15) is 12.3 Å². The molecule has 0 spiro atoms. The molecule has 0 aliphatic rings. The van der Waals surface area contributed by atoms with Crippen LogP contribution in [0.15, 0.2) is 53.3 Å². The van der Waals surface area contributed by atoms with Crippen LogP contribution in [0, 0.1) is 0 Å². The second kappa shape index (κ2) is 9.41. The molecule has 0 radical (unpaired) electrons. The van der Waals surface area contributed by atoms with E-state index in [1.165, 1.54) is 9.25 Å². The van der Waals surface area contributed by atoms with Crippen LogP contribution < -0.4 is 15.7 Å². The molecule has 1 aromatic heterocycles. The quantitative estimate of drug-likeness (QED) is 0.590. The number of rotatable bonds is 8. The van der Waals surface area contributed by atoms with E-state index in [1.807, 2.05) is 32.0 Å². The number of hydrogen-bond acceptors (Lipinski definition) is 5. The summed E-state index contributed by atoms with van der Waals surface area (Å²) >= 11 is 0. The van der Waals surface area contributed by atoms with E-state index in [-0.39, 0.29) is 25.1 Å². The minimum Gasteiger partial charge on any atom is -0.497 e.